The summed E-state index contributed by atoms with van der Waals surface area (Å²) in [5.74, 6) is -0.447. The van der Waals surface area contributed by atoms with Crippen LogP contribution in [-0.2, 0) is 4.79 Å². The van der Waals surface area contributed by atoms with Gasteiger partial charge in [-0.2, -0.15) is 5.10 Å². The molecule has 1 unspecified atom stereocenters. The number of nitrogens with one attached hydrogen (secondary N) is 2. The summed E-state index contributed by atoms with van der Waals surface area (Å²) in [6, 6.07) is 11.2. The van der Waals surface area contributed by atoms with Gasteiger partial charge in [0.15, 0.2) is 0 Å². The van der Waals surface area contributed by atoms with Crippen LogP contribution >= 0.6 is 15.9 Å². The normalized spacial score (nSPS) is 16.3. The Morgan fingerprint density at radius 3 is 2.90 bits per heavy atom. The first-order valence-electron chi connectivity index (χ1n) is 9.83. The van der Waals surface area contributed by atoms with Crippen molar-refractivity contribution >= 4 is 33.4 Å². The number of nitrogens with zero attached hydrogens (tertiary/aromatic N) is 3. The summed E-state index contributed by atoms with van der Waals surface area (Å²) in [5.41, 5.74) is 3.74. The van der Waals surface area contributed by atoms with Gasteiger partial charge in [0, 0.05) is 41.2 Å². The van der Waals surface area contributed by atoms with Crippen LogP contribution in [0.3, 0.4) is 0 Å². The average molecular weight is 468 g/mol. The van der Waals surface area contributed by atoms with Crippen LogP contribution in [0.1, 0.15) is 28.9 Å². The van der Waals surface area contributed by atoms with Crippen LogP contribution in [-0.4, -0.2) is 45.0 Å². The summed E-state index contributed by atoms with van der Waals surface area (Å²) < 4.78 is 1.00. The van der Waals surface area contributed by atoms with E-state index in [0.29, 0.717) is 24.5 Å². The molecule has 30 heavy (non-hydrogen) atoms. The molecule has 2 aromatic heterocycles. The molecule has 154 valence electrons. The molecule has 0 saturated carbocycles. The molecule has 1 fully saturated rings. The van der Waals surface area contributed by atoms with E-state index >= 15 is 0 Å². The third-order valence-corrected chi connectivity index (χ3v) is 6.16. The molecule has 7 nitrogen and oxygen atoms in total. The Kier molecular flexibility index (Phi) is 5.94. The molecular weight excluding hydrogens is 446 g/mol. The maximum Gasteiger partial charge on any atom is 0.271 e. The van der Waals surface area contributed by atoms with Crippen molar-refractivity contribution in [1.82, 2.24) is 20.1 Å². The lowest BCUT2D eigenvalue weighted by Crippen LogP contribution is -2.43. The number of hydrogen-bond acceptors (Lipinski definition) is 4. The molecule has 1 aliphatic rings. The van der Waals surface area contributed by atoms with Crippen molar-refractivity contribution in [2.75, 3.05) is 18.4 Å². The fraction of sp³-hybridized carbons (Fsp3) is 0.273. The van der Waals surface area contributed by atoms with Crippen LogP contribution in [0.2, 0.25) is 0 Å². The lowest BCUT2D eigenvalue weighted by atomic mass is 9.96. The highest BCUT2D eigenvalue weighted by Gasteiger charge is 2.30. The predicted octanol–water partition coefficient (Wildman–Crippen LogP) is 4.03. The Bertz CT molecular complexity index is 1070. The Balaban J connectivity index is 1.42. The van der Waals surface area contributed by atoms with Crippen molar-refractivity contribution in [1.29, 1.82) is 0 Å². The van der Waals surface area contributed by atoms with Crippen LogP contribution in [0.15, 0.2) is 53.3 Å². The van der Waals surface area contributed by atoms with Gasteiger partial charge in [-0.1, -0.05) is 15.9 Å². The molecule has 4 rings (SSSR count). The van der Waals surface area contributed by atoms with E-state index in [9.17, 15) is 9.59 Å². The number of aryl methyl sites for hydroxylation is 1. The molecule has 1 saturated heterocycles. The lowest BCUT2D eigenvalue weighted by molar-refractivity contribution is -0.121. The number of pyridine rings is 1. The highest BCUT2D eigenvalue weighted by molar-refractivity contribution is 9.10. The van der Waals surface area contributed by atoms with Gasteiger partial charge in [0.25, 0.3) is 5.91 Å². The summed E-state index contributed by atoms with van der Waals surface area (Å²) >= 11 is 3.47. The van der Waals surface area contributed by atoms with Crippen molar-refractivity contribution in [2.24, 2.45) is 5.92 Å². The highest BCUT2D eigenvalue weighted by Crippen LogP contribution is 2.24. The first-order chi connectivity index (χ1) is 14.5. The molecule has 2 N–H and O–H groups in total. The summed E-state index contributed by atoms with van der Waals surface area (Å²) in [5, 5.41) is 10.0. The summed E-state index contributed by atoms with van der Waals surface area (Å²) in [4.78, 5) is 31.5. The first-order valence-corrected chi connectivity index (χ1v) is 10.6. The number of aromatic amines is 1. The number of carbonyl (C=O) groups is 2. The van der Waals surface area contributed by atoms with Gasteiger partial charge in [0.1, 0.15) is 5.69 Å². The topological polar surface area (TPSA) is 91.0 Å². The molecule has 1 atom stereocenters. The Morgan fingerprint density at radius 2 is 2.13 bits per heavy atom. The second kappa shape index (κ2) is 8.79. The van der Waals surface area contributed by atoms with Gasteiger partial charge < -0.3 is 10.2 Å². The predicted molar refractivity (Wildman–Crippen MR) is 118 cm³/mol. The van der Waals surface area contributed by atoms with Crippen molar-refractivity contribution in [3.8, 4) is 11.3 Å². The number of carbonyl (C=O) groups excluding carboxylic acids is 2. The molecule has 0 radical (unpaired) electrons. The zero-order valence-corrected chi connectivity index (χ0v) is 18.1. The van der Waals surface area contributed by atoms with Crippen LogP contribution in [0.25, 0.3) is 11.3 Å². The first kappa shape index (κ1) is 20.3. The van der Waals surface area contributed by atoms with E-state index in [-0.39, 0.29) is 17.7 Å². The van der Waals surface area contributed by atoms with Crippen molar-refractivity contribution in [2.45, 2.75) is 19.8 Å². The number of amides is 2. The second-order valence-electron chi connectivity index (χ2n) is 7.45. The Labute approximate surface area is 183 Å². The molecule has 3 heterocycles. The zero-order chi connectivity index (χ0) is 21.1. The molecule has 3 aromatic rings. The van der Waals surface area contributed by atoms with Gasteiger partial charge in [-0.05, 0) is 61.7 Å². The summed E-state index contributed by atoms with van der Waals surface area (Å²) in [6.07, 6.45) is 4.94. The fourth-order valence-electron chi connectivity index (χ4n) is 3.61. The molecule has 0 bridgehead atoms. The van der Waals surface area contributed by atoms with Crippen LogP contribution < -0.4 is 5.32 Å². The van der Waals surface area contributed by atoms with Crippen LogP contribution in [0.5, 0.6) is 0 Å². The van der Waals surface area contributed by atoms with Gasteiger partial charge in [-0.3, -0.25) is 19.7 Å². The van der Waals surface area contributed by atoms with Crippen LogP contribution in [0, 0.1) is 12.8 Å². The average Bonchev–Trinajstić information content (AvgIpc) is 3.27. The standard InChI is InChI=1S/C22H22BrN5O2/c1-14-10-17(6-7-18(14)23)25-21(29)16-5-3-9-28(13-16)22(30)20-11-19(26-27-20)15-4-2-8-24-12-15/h2,4,6-8,10-12,16H,3,5,9,13H2,1H3,(H,25,29)(H,26,27). The molecule has 1 aliphatic heterocycles. The number of rotatable bonds is 4. The van der Waals surface area contributed by atoms with Crippen LogP contribution in [0.4, 0.5) is 5.69 Å². The molecular formula is C22H22BrN5O2. The van der Waals surface area contributed by atoms with E-state index in [1.165, 1.54) is 0 Å². The molecule has 2 amide bonds. The van der Waals surface area contributed by atoms with Crippen molar-refractivity contribution in [3.63, 3.8) is 0 Å². The number of anilines is 1. The Hall–Kier alpha value is -3.00. The lowest BCUT2D eigenvalue weighted by Gasteiger charge is -2.31. The van der Waals surface area contributed by atoms with Gasteiger partial charge in [0.2, 0.25) is 5.91 Å². The van der Waals surface area contributed by atoms with E-state index in [4.69, 9.17) is 0 Å². The van der Waals surface area contributed by atoms with Gasteiger partial charge >= 0.3 is 0 Å². The number of piperidine rings is 1. The largest absolute Gasteiger partial charge is 0.337 e. The van der Waals surface area contributed by atoms with E-state index in [1.807, 2.05) is 37.3 Å². The van der Waals surface area contributed by atoms with Crippen molar-refractivity contribution < 1.29 is 9.59 Å². The molecule has 8 heteroatoms. The maximum absolute atomic E-state index is 13.0. The number of likely N-dealkylation sites (tertiary alicyclic amines) is 1. The number of halogens is 1. The quantitative estimate of drug-likeness (QED) is 0.605. The van der Waals surface area contributed by atoms with E-state index in [1.54, 1.807) is 23.4 Å². The third kappa shape index (κ3) is 4.43. The summed E-state index contributed by atoms with van der Waals surface area (Å²) in [6.45, 7) is 2.99. The number of benzene rings is 1. The Morgan fingerprint density at radius 1 is 1.27 bits per heavy atom. The number of hydrogen-bond donors (Lipinski definition) is 2. The second-order valence-corrected chi connectivity index (χ2v) is 8.31. The smallest absolute Gasteiger partial charge is 0.271 e. The summed E-state index contributed by atoms with van der Waals surface area (Å²) in [7, 11) is 0. The fourth-order valence-corrected chi connectivity index (χ4v) is 3.85. The number of aromatic nitrogens is 3. The third-order valence-electron chi connectivity index (χ3n) is 5.27. The monoisotopic (exact) mass is 467 g/mol. The van der Waals surface area contributed by atoms with Crippen molar-refractivity contribution in [3.05, 3.63) is 64.5 Å². The number of H-pyrrole nitrogens is 1. The van der Waals surface area contributed by atoms with Gasteiger partial charge in [-0.15, -0.1) is 0 Å². The highest BCUT2D eigenvalue weighted by atomic mass is 79.9. The minimum Gasteiger partial charge on any atom is -0.337 e. The minimum absolute atomic E-state index is 0.0603. The zero-order valence-electron chi connectivity index (χ0n) is 16.6. The maximum atomic E-state index is 13.0. The molecule has 0 aliphatic carbocycles. The van der Waals surface area contributed by atoms with Gasteiger partial charge in [0.05, 0.1) is 11.6 Å². The molecule has 0 spiro atoms. The van der Waals surface area contributed by atoms with E-state index < -0.39 is 0 Å². The van der Waals surface area contributed by atoms with E-state index in [0.717, 1.165) is 34.1 Å². The minimum atomic E-state index is -0.243. The van der Waals surface area contributed by atoms with E-state index in [2.05, 4.69) is 36.4 Å². The molecule has 1 aromatic carbocycles. The van der Waals surface area contributed by atoms with Gasteiger partial charge in [-0.25, -0.2) is 0 Å². The SMILES string of the molecule is Cc1cc(NC(=O)C2CCCN(C(=O)c3cc(-c4cccnc4)n[nH]3)C2)ccc1Br.